The van der Waals surface area contributed by atoms with Gasteiger partial charge in [-0.05, 0) is 49.2 Å². The minimum Gasteiger partial charge on any atom is -0.497 e. The number of hydrogen-bond donors (Lipinski definition) is 1. The van der Waals surface area contributed by atoms with E-state index in [0.29, 0.717) is 25.1 Å². The van der Waals surface area contributed by atoms with Crippen LogP contribution in [0.2, 0.25) is 0 Å². The smallest absolute Gasteiger partial charge is 0.306 e. The molecule has 0 radical (unpaired) electrons. The Hall–Kier alpha value is -2.93. The summed E-state index contributed by atoms with van der Waals surface area (Å²) in [5.74, 6) is 6.74. The summed E-state index contributed by atoms with van der Waals surface area (Å²) in [5, 5.41) is 0. The molecule has 124 valence electrons. The molecule has 4 heteroatoms. The van der Waals surface area contributed by atoms with Crippen molar-refractivity contribution in [3.63, 3.8) is 0 Å². The van der Waals surface area contributed by atoms with Crippen molar-refractivity contribution in [3.8, 4) is 17.6 Å². The van der Waals surface area contributed by atoms with E-state index in [2.05, 4.69) is 11.8 Å². The third-order valence-electron chi connectivity index (χ3n) is 3.45. The highest BCUT2D eigenvalue weighted by molar-refractivity contribution is 5.70. The van der Waals surface area contributed by atoms with Gasteiger partial charge in [0.15, 0.2) is 0 Å². The predicted octanol–water partition coefficient (Wildman–Crippen LogP) is 3.17. The van der Waals surface area contributed by atoms with Gasteiger partial charge in [0.25, 0.3) is 0 Å². The van der Waals surface area contributed by atoms with Crippen LogP contribution in [0.25, 0.3) is 0 Å². The zero-order valence-corrected chi connectivity index (χ0v) is 14.0. The number of carbonyl (C=O) groups excluding carboxylic acids is 1. The lowest BCUT2D eigenvalue weighted by atomic mass is 10.0. The van der Waals surface area contributed by atoms with Crippen LogP contribution in [0.3, 0.4) is 0 Å². The molecule has 0 fully saturated rings. The van der Waals surface area contributed by atoms with Crippen molar-refractivity contribution in [1.29, 1.82) is 0 Å². The number of esters is 1. The van der Waals surface area contributed by atoms with Crippen molar-refractivity contribution in [3.05, 3.63) is 59.2 Å². The van der Waals surface area contributed by atoms with Crippen molar-refractivity contribution in [2.45, 2.75) is 19.8 Å². The first-order valence-corrected chi connectivity index (χ1v) is 7.82. The molecule has 0 saturated heterocycles. The molecule has 0 aromatic heterocycles. The number of rotatable bonds is 5. The minimum atomic E-state index is -0.196. The maximum Gasteiger partial charge on any atom is 0.306 e. The van der Waals surface area contributed by atoms with Gasteiger partial charge < -0.3 is 15.2 Å². The van der Waals surface area contributed by atoms with Crippen LogP contribution in [0.1, 0.15) is 30.0 Å². The van der Waals surface area contributed by atoms with Crippen LogP contribution >= 0.6 is 0 Å². The molecule has 0 spiro atoms. The van der Waals surface area contributed by atoms with E-state index in [1.165, 1.54) is 0 Å². The largest absolute Gasteiger partial charge is 0.497 e. The fourth-order valence-corrected chi connectivity index (χ4v) is 2.19. The van der Waals surface area contributed by atoms with Gasteiger partial charge in [-0.1, -0.05) is 24.0 Å². The first-order valence-electron chi connectivity index (χ1n) is 7.82. The molecule has 0 amide bonds. The lowest BCUT2D eigenvalue weighted by molar-refractivity contribution is -0.143. The van der Waals surface area contributed by atoms with E-state index >= 15 is 0 Å². The number of carbonyl (C=O) groups is 1. The summed E-state index contributed by atoms with van der Waals surface area (Å²) < 4.78 is 10.1. The Balaban J connectivity index is 2.14. The van der Waals surface area contributed by atoms with Gasteiger partial charge in [0.05, 0.1) is 13.7 Å². The molecule has 2 rings (SSSR count). The number of anilines is 1. The fraction of sp³-hybridized carbons (Fsp3) is 0.250. The van der Waals surface area contributed by atoms with E-state index in [9.17, 15) is 4.79 Å². The zero-order chi connectivity index (χ0) is 17.4. The standard InChI is InChI=1S/C20H21NO3/c1-3-24-20(22)12-9-16-8-11-19(21)17(13-16)10-7-15-5-4-6-18(14-15)23-2/h4-6,8,11,13-14H,3,9,12,21H2,1-2H3. The van der Waals surface area contributed by atoms with Gasteiger partial charge in [0.1, 0.15) is 5.75 Å². The minimum absolute atomic E-state index is 0.196. The van der Waals surface area contributed by atoms with Gasteiger partial charge in [-0.15, -0.1) is 0 Å². The van der Waals surface area contributed by atoms with E-state index in [1.54, 1.807) is 14.0 Å². The summed E-state index contributed by atoms with van der Waals surface area (Å²) in [6.45, 7) is 2.20. The Morgan fingerprint density at radius 2 is 2.00 bits per heavy atom. The molecular weight excluding hydrogens is 302 g/mol. The number of hydrogen-bond acceptors (Lipinski definition) is 4. The van der Waals surface area contributed by atoms with Crippen molar-refractivity contribution >= 4 is 11.7 Å². The number of benzene rings is 2. The molecule has 24 heavy (non-hydrogen) atoms. The molecule has 0 aliphatic carbocycles. The topological polar surface area (TPSA) is 61.5 Å². The molecule has 0 saturated carbocycles. The maximum absolute atomic E-state index is 11.5. The van der Waals surface area contributed by atoms with Crippen LogP contribution in [-0.4, -0.2) is 19.7 Å². The SMILES string of the molecule is CCOC(=O)CCc1ccc(N)c(C#Cc2cccc(OC)c2)c1. The monoisotopic (exact) mass is 323 g/mol. The number of nitrogens with two attached hydrogens (primary N) is 1. The molecule has 0 aliphatic heterocycles. The third kappa shape index (κ3) is 5.06. The number of methoxy groups -OCH3 is 1. The van der Waals surface area contributed by atoms with Crippen LogP contribution in [0.5, 0.6) is 5.75 Å². The predicted molar refractivity (Wildman–Crippen MR) is 94.8 cm³/mol. The Bertz CT molecular complexity index is 772. The highest BCUT2D eigenvalue weighted by atomic mass is 16.5. The molecule has 0 atom stereocenters. The van der Waals surface area contributed by atoms with Crippen molar-refractivity contribution in [1.82, 2.24) is 0 Å². The number of aryl methyl sites for hydroxylation is 1. The van der Waals surface area contributed by atoms with Crippen molar-refractivity contribution in [2.75, 3.05) is 19.5 Å². The quantitative estimate of drug-likeness (QED) is 0.521. The number of nitrogen functional groups attached to an aromatic ring is 1. The molecular formula is C20H21NO3. The fourth-order valence-electron chi connectivity index (χ4n) is 2.19. The first-order chi connectivity index (χ1) is 11.6. The van der Waals surface area contributed by atoms with Gasteiger partial charge in [0, 0.05) is 23.2 Å². The number of ether oxygens (including phenoxy) is 2. The van der Waals surface area contributed by atoms with E-state index in [-0.39, 0.29) is 5.97 Å². The summed E-state index contributed by atoms with van der Waals surface area (Å²) in [5.41, 5.74) is 9.22. The third-order valence-corrected chi connectivity index (χ3v) is 3.45. The van der Waals surface area contributed by atoms with Gasteiger partial charge in [-0.2, -0.15) is 0 Å². The second-order valence-corrected chi connectivity index (χ2v) is 5.21. The van der Waals surface area contributed by atoms with Gasteiger partial charge >= 0.3 is 5.97 Å². The molecule has 2 aromatic carbocycles. The molecule has 0 heterocycles. The average Bonchev–Trinajstić information content (AvgIpc) is 2.60. The summed E-state index contributed by atoms with van der Waals surface area (Å²) in [6.07, 6.45) is 0.952. The van der Waals surface area contributed by atoms with Crippen molar-refractivity contribution in [2.24, 2.45) is 0 Å². The highest BCUT2D eigenvalue weighted by Gasteiger charge is 2.04. The van der Waals surface area contributed by atoms with Gasteiger partial charge in [-0.25, -0.2) is 0 Å². The summed E-state index contributed by atoms with van der Waals surface area (Å²) >= 11 is 0. The lowest BCUT2D eigenvalue weighted by Crippen LogP contribution is -2.05. The van der Waals surface area contributed by atoms with Gasteiger partial charge in [0.2, 0.25) is 0 Å². The Morgan fingerprint density at radius 3 is 2.75 bits per heavy atom. The molecule has 0 unspecified atom stereocenters. The van der Waals surface area contributed by atoms with Crippen LogP contribution in [0.4, 0.5) is 5.69 Å². The second kappa shape index (κ2) is 8.64. The van der Waals surface area contributed by atoms with Crippen LogP contribution < -0.4 is 10.5 Å². The second-order valence-electron chi connectivity index (χ2n) is 5.21. The maximum atomic E-state index is 11.5. The van der Waals surface area contributed by atoms with Crippen LogP contribution in [0.15, 0.2) is 42.5 Å². The molecule has 0 aliphatic rings. The van der Waals surface area contributed by atoms with Gasteiger partial charge in [-0.3, -0.25) is 4.79 Å². The van der Waals surface area contributed by atoms with E-state index in [1.807, 2.05) is 42.5 Å². The normalized spacial score (nSPS) is 9.75. The highest BCUT2D eigenvalue weighted by Crippen LogP contribution is 2.16. The van der Waals surface area contributed by atoms with Crippen molar-refractivity contribution < 1.29 is 14.3 Å². The molecule has 2 N–H and O–H groups in total. The van der Waals surface area contributed by atoms with E-state index in [0.717, 1.165) is 22.4 Å². The first kappa shape index (κ1) is 17.4. The summed E-state index contributed by atoms with van der Waals surface area (Å²) in [4.78, 5) is 11.5. The van der Waals surface area contributed by atoms with Crippen LogP contribution in [0, 0.1) is 11.8 Å². The van der Waals surface area contributed by atoms with Crippen LogP contribution in [-0.2, 0) is 16.0 Å². The summed E-state index contributed by atoms with van der Waals surface area (Å²) in [7, 11) is 1.62. The molecule has 2 aromatic rings. The van der Waals surface area contributed by atoms with E-state index in [4.69, 9.17) is 15.2 Å². The Labute approximate surface area is 142 Å². The summed E-state index contributed by atoms with van der Waals surface area (Å²) in [6, 6.07) is 13.2. The van der Waals surface area contributed by atoms with E-state index < -0.39 is 0 Å². The Kier molecular flexibility index (Phi) is 6.27. The average molecular weight is 323 g/mol. The molecule has 0 bridgehead atoms. The zero-order valence-electron chi connectivity index (χ0n) is 14.0. The molecule has 4 nitrogen and oxygen atoms in total. The Morgan fingerprint density at radius 1 is 1.17 bits per heavy atom. The lowest BCUT2D eigenvalue weighted by Gasteiger charge is -2.05.